The van der Waals surface area contributed by atoms with E-state index in [2.05, 4.69) is 6.58 Å². The van der Waals surface area contributed by atoms with E-state index in [9.17, 15) is 9.59 Å². The van der Waals surface area contributed by atoms with Crippen molar-refractivity contribution in [1.82, 2.24) is 0 Å². The number of carbonyl (C=O) groups excluding carboxylic acids is 2. The average Bonchev–Trinajstić information content (AvgIpc) is 3.10. The summed E-state index contributed by atoms with van der Waals surface area (Å²) >= 11 is 0. The van der Waals surface area contributed by atoms with Crippen molar-refractivity contribution >= 4 is 12.3 Å². The molecule has 0 unspecified atom stereocenters. The number of rotatable bonds is 6. The van der Waals surface area contributed by atoms with Gasteiger partial charge in [0, 0.05) is 0 Å². The summed E-state index contributed by atoms with van der Waals surface area (Å²) in [4.78, 5) is 23.9. The van der Waals surface area contributed by atoms with Gasteiger partial charge >= 0.3 is 5.97 Å². The molecular weight excluding hydrogens is 324 g/mol. The molecule has 0 fully saturated rings. The molecular formula is C19H16O6. The summed E-state index contributed by atoms with van der Waals surface area (Å²) < 4.78 is 21.2. The van der Waals surface area contributed by atoms with Crippen LogP contribution in [-0.2, 0) is 6.42 Å². The van der Waals surface area contributed by atoms with Crippen molar-refractivity contribution in [3.8, 4) is 23.0 Å². The number of hydrogen-bond acceptors (Lipinski definition) is 6. The summed E-state index contributed by atoms with van der Waals surface area (Å²) in [5.74, 6) is 0.787. The Labute approximate surface area is 144 Å². The van der Waals surface area contributed by atoms with Gasteiger partial charge in [0.15, 0.2) is 29.3 Å². The van der Waals surface area contributed by atoms with Crippen LogP contribution in [0.15, 0.2) is 43.0 Å². The van der Waals surface area contributed by atoms with Crippen LogP contribution in [0.1, 0.15) is 26.3 Å². The number of ether oxygens (including phenoxy) is 4. The molecule has 2 aromatic rings. The molecule has 0 aliphatic carbocycles. The number of allylic oxidation sites excluding steroid dienone is 1. The first-order valence-electron chi connectivity index (χ1n) is 7.55. The molecule has 0 amide bonds. The van der Waals surface area contributed by atoms with E-state index in [-0.39, 0.29) is 23.7 Å². The Morgan fingerprint density at radius 1 is 1.24 bits per heavy atom. The van der Waals surface area contributed by atoms with Crippen molar-refractivity contribution in [2.75, 3.05) is 13.9 Å². The topological polar surface area (TPSA) is 71.1 Å². The number of methoxy groups -OCH3 is 1. The van der Waals surface area contributed by atoms with E-state index in [1.54, 1.807) is 30.3 Å². The summed E-state index contributed by atoms with van der Waals surface area (Å²) in [6, 6.07) is 8.07. The minimum absolute atomic E-state index is 0.0768. The van der Waals surface area contributed by atoms with Gasteiger partial charge in [-0.2, -0.15) is 0 Å². The third-order valence-corrected chi connectivity index (χ3v) is 3.67. The van der Waals surface area contributed by atoms with E-state index in [1.807, 2.05) is 0 Å². The molecule has 0 spiro atoms. The van der Waals surface area contributed by atoms with Crippen LogP contribution in [0.4, 0.5) is 0 Å². The molecule has 0 aromatic heterocycles. The number of aldehydes is 1. The first-order chi connectivity index (χ1) is 12.2. The maximum atomic E-state index is 12.5. The van der Waals surface area contributed by atoms with Crippen LogP contribution in [0.25, 0.3) is 0 Å². The van der Waals surface area contributed by atoms with Gasteiger partial charge < -0.3 is 18.9 Å². The van der Waals surface area contributed by atoms with Crippen LogP contribution in [0.2, 0.25) is 0 Å². The normalized spacial score (nSPS) is 11.7. The lowest BCUT2D eigenvalue weighted by Crippen LogP contribution is -2.11. The molecule has 2 aromatic carbocycles. The Morgan fingerprint density at radius 3 is 2.76 bits per heavy atom. The van der Waals surface area contributed by atoms with Gasteiger partial charge in [0.2, 0.25) is 6.79 Å². The Balaban J connectivity index is 1.92. The standard InChI is InChI=1S/C19H16O6/c1-3-4-12-7-14(10-20)18(17(8-12)22-2)25-19(21)13-5-6-15-16(9-13)24-11-23-15/h3,5-10H,1,4,11H2,2H3. The lowest BCUT2D eigenvalue weighted by Gasteiger charge is -2.13. The van der Waals surface area contributed by atoms with E-state index >= 15 is 0 Å². The van der Waals surface area contributed by atoms with E-state index in [4.69, 9.17) is 18.9 Å². The zero-order valence-electron chi connectivity index (χ0n) is 13.6. The highest BCUT2D eigenvalue weighted by Gasteiger charge is 2.20. The van der Waals surface area contributed by atoms with Gasteiger partial charge in [-0.3, -0.25) is 4.79 Å². The second-order valence-electron chi connectivity index (χ2n) is 5.28. The van der Waals surface area contributed by atoms with Gasteiger partial charge in [0.25, 0.3) is 0 Å². The number of benzene rings is 2. The van der Waals surface area contributed by atoms with Crippen LogP contribution in [0.3, 0.4) is 0 Å². The first kappa shape index (κ1) is 16.6. The summed E-state index contributed by atoms with van der Waals surface area (Å²) in [6.07, 6.45) is 2.90. The molecule has 3 rings (SSSR count). The molecule has 6 nitrogen and oxygen atoms in total. The average molecular weight is 340 g/mol. The van der Waals surface area contributed by atoms with Crippen LogP contribution >= 0.6 is 0 Å². The summed E-state index contributed by atoms with van der Waals surface area (Å²) in [5, 5.41) is 0. The third-order valence-electron chi connectivity index (χ3n) is 3.67. The predicted octanol–water partition coefficient (Wildman–Crippen LogP) is 3.18. The summed E-state index contributed by atoms with van der Waals surface area (Å²) in [6.45, 7) is 3.78. The molecule has 1 aliphatic heterocycles. The Bertz CT molecular complexity index is 840. The fourth-order valence-electron chi connectivity index (χ4n) is 2.49. The Kier molecular flexibility index (Phi) is 4.70. The molecule has 25 heavy (non-hydrogen) atoms. The molecule has 6 heteroatoms. The fraction of sp³-hybridized carbons (Fsp3) is 0.158. The van der Waals surface area contributed by atoms with Crippen LogP contribution in [0.5, 0.6) is 23.0 Å². The zero-order valence-corrected chi connectivity index (χ0v) is 13.6. The lowest BCUT2D eigenvalue weighted by molar-refractivity contribution is 0.0728. The lowest BCUT2D eigenvalue weighted by atomic mass is 10.1. The number of carbonyl (C=O) groups is 2. The van der Waals surface area contributed by atoms with Crippen molar-refractivity contribution in [2.45, 2.75) is 6.42 Å². The van der Waals surface area contributed by atoms with Crippen molar-refractivity contribution in [3.05, 3.63) is 59.7 Å². The number of hydrogen-bond donors (Lipinski definition) is 0. The Hall–Kier alpha value is -3.28. The van der Waals surface area contributed by atoms with Crippen LogP contribution in [0, 0.1) is 0 Å². The highest BCUT2D eigenvalue weighted by Crippen LogP contribution is 2.35. The van der Waals surface area contributed by atoms with Gasteiger partial charge in [0.05, 0.1) is 18.2 Å². The van der Waals surface area contributed by atoms with Crippen LogP contribution < -0.4 is 18.9 Å². The largest absolute Gasteiger partial charge is 0.493 e. The first-order valence-corrected chi connectivity index (χ1v) is 7.55. The van der Waals surface area contributed by atoms with E-state index in [0.29, 0.717) is 30.0 Å². The van der Waals surface area contributed by atoms with Gasteiger partial charge in [-0.1, -0.05) is 6.08 Å². The molecule has 1 heterocycles. The van der Waals surface area contributed by atoms with Gasteiger partial charge in [-0.25, -0.2) is 4.79 Å². The maximum Gasteiger partial charge on any atom is 0.343 e. The number of fused-ring (bicyclic) bond motifs is 1. The van der Waals surface area contributed by atoms with Crippen molar-refractivity contribution in [3.63, 3.8) is 0 Å². The quantitative estimate of drug-likeness (QED) is 0.348. The van der Waals surface area contributed by atoms with E-state index < -0.39 is 5.97 Å². The van der Waals surface area contributed by atoms with Gasteiger partial charge in [0.1, 0.15) is 0 Å². The molecule has 0 atom stereocenters. The predicted molar refractivity (Wildman–Crippen MR) is 89.8 cm³/mol. The maximum absolute atomic E-state index is 12.5. The highest BCUT2D eigenvalue weighted by molar-refractivity contribution is 5.94. The van der Waals surface area contributed by atoms with E-state index in [0.717, 1.165) is 5.56 Å². The van der Waals surface area contributed by atoms with Gasteiger partial charge in [-0.05, 0) is 42.3 Å². The van der Waals surface area contributed by atoms with Crippen LogP contribution in [-0.4, -0.2) is 26.2 Å². The van der Waals surface area contributed by atoms with Crippen molar-refractivity contribution in [1.29, 1.82) is 0 Å². The Morgan fingerprint density at radius 2 is 2.04 bits per heavy atom. The molecule has 1 aliphatic rings. The molecule has 0 bridgehead atoms. The minimum Gasteiger partial charge on any atom is -0.493 e. The van der Waals surface area contributed by atoms with E-state index in [1.165, 1.54) is 13.2 Å². The monoisotopic (exact) mass is 340 g/mol. The molecule has 0 N–H and O–H groups in total. The SMILES string of the molecule is C=CCc1cc(C=O)c(OC(=O)c2ccc3c(c2)OCO3)c(OC)c1. The summed E-state index contributed by atoms with van der Waals surface area (Å²) in [7, 11) is 1.44. The molecule has 0 radical (unpaired) electrons. The zero-order chi connectivity index (χ0) is 17.8. The molecule has 0 saturated carbocycles. The molecule has 128 valence electrons. The minimum atomic E-state index is -0.629. The smallest absolute Gasteiger partial charge is 0.343 e. The summed E-state index contributed by atoms with van der Waals surface area (Å²) in [5.41, 5.74) is 1.33. The second kappa shape index (κ2) is 7.09. The van der Waals surface area contributed by atoms with Crippen molar-refractivity contribution in [2.24, 2.45) is 0 Å². The second-order valence-corrected chi connectivity index (χ2v) is 5.28. The van der Waals surface area contributed by atoms with Gasteiger partial charge in [-0.15, -0.1) is 6.58 Å². The van der Waals surface area contributed by atoms with Crippen molar-refractivity contribution < 1.29 is 28.5 Å². The third kappa shape index (κ3) is 3.33. The number of esters is 1. The highest BCUT2D eigenvalue weighted by atomic mass is 16.7. The molecule has 0 saturated heterocycles. The fourth-order valence-corrected chi connectivity index (χ4v) is 2.49.